The van der Waals surface area contributed by atoms with E-state index in [0.717, 1.165) is 0 Å². The van der Waals surface area contributed by atoms with Crippen molar-refractivity contribution < 1.29 is 14.3 Å². The molecule has 0 aliphatic carbocycles. The quantitative estimate of drug-likeness (QED) is 0.902. The van der Waals surface area contributed by atoms with Crippen molar-refractivity contribution in [3.63, 3.8) is 0 Å². The Morgan fingerprint density at radius 2 is 1.89 bits per heavy atom. The van der Waals surface area contributed by atoms with E-state index in [1.807, 2.05) is 0 Å². The van der Waals surface area contributed by atoms with Crippen molar-refractivity contribution in [2.45, 2.75) is 13.8 Å². The number of carboxylic acid groups (broad SMARTS) is 1. The molecule has 1 heterocycles. The van der Waals surface area contributed by atoms with Crippen LogP contribution in [0.3, 0.4) is 0 Å². The molecule has 1 aromatic carbocycles. The van der Waals surface area contributed by atoms with E-state index in [4.69, 9.17) is 5.11 Å². The molecule has 2 rings (SSSR count). The van der Waals surface area contributed by atoms with Crippen LogP contribution in [0.4, 0.5) is 4.39 Å². The maximum atomic E-state index is 13.1. The van der Waals surface area contributed by atoms with Crippen LogP contribution in [0.15, 0.2) is 35.1 Å². The maximum Gasteiger partial charge on any atom is 0.341 e. The summed E-state index contributed by atoms with van der Waals surface area (Å²) in [5.41, 5.74) is 0.695. The Kier molecular flexibility index (Phi) is 3.21. The van der Waals surface area contributed by atoms with Crippen LogP contribution in [0.1, 0.15) is 21.6 Å². The van der Waals surface area contributed by atoms with E-state index in [1.165, 1.54) is 28.8 Å². The molecule has 0 fully saturated rings. The first-order chi connectivity index (χ1) is 8.91. The molecule has 0 atom stereocenters. The molecule has 4 nitrogen and oxygen atoms in total. The predicted octanol–water partition coefficient (Wildman–Crippen LogP) is 2.29. The number of aromatic carboxylic acids is 1. The fourth-order valence-electron chi connectivity index (χ4n) is 1.96. The van der Waals surface area contributed by atoms with E-state index >= 15 is 0 Å². The van der Waals surface area contributed by atoms with Gasteiger partial charge in [0.25, 0.3) is 5.56 Å². The summed E-state index contributed by atoms with van der Waals surface area (Å²) < 4.78 is 14.4. The number of rotatable bonds is 2. The Hall–Kier alpha value is -2.43. The number of halogens is 1. The Morgan fingerprint density at radius 3 is 2.47 bits per heavy atom. The molecule has 1 N–H and O–H groups in total. The van der Waals surface area contributed by atoms with Gasteiger partial charge in [0.15, 0.2) is 0 Å². The number of pyridine rings is 1. The van der Waals surface area contributed by atoms with Crippen LogP contribution >= 0.6 is 0 Å². The van der Waals surface area contributed by atoms with Crippen molar-refractivity contribution in [1.29, 1.82) is 0 Å². The van der Waals surface area contributed by atoms with Gasteiger partial charge in [0.2, 0.25) is 0 Å². The number of nitrogens with zero attached hydrogens (tertiary/aromatic N) is 1. The van der Waals surface area contributed by atoms with Gasteiger partial charge < -0.3 is 5.11 Å². The van der Waals surface area contributed by atoms with E-state index < -0.39 is 17.3 Å². The summed E-state index contributed by atoms with van der Waals surface area (Å²) in [6.45, 7) is 3.35. The smallest absolute Gasteiger partial charge is 0.341 e. The largest absolute Gasteiger partial charge is 0.477 e. The lowest BCUT2D eigenvalue weighted by Crippen LogP contribution is -2.27. The van der Waals surface area contributed by atoms with Crippen molar-refractivity contribution in [2.75, 3.05) is 0 Å². The van der Waals surface area contributed by atoms with E-state index in [-0.39, 0.29) is 5.56 Å². The maximum absolute atomic E-state index is 13.1. The third-order valence-electron chi connectivity index (χ3n) is 2.91. The topological polar surface area (TPSA) is 59.3 Å². The highest BCUT2D eigenvalue weighted by molar-refractivity contribution is 5.87. The van der Waals surface area contributed by atoms with E-state index in [0.29, 0.717) is 16.9 Å². The van der Waals surface area contributed by atoms with Gasteiger partial charge in [-0.25, -0.2) is 9.18 Å². The average Bonchev–Trinajstić information content (AvgIpc) is 2.31. The van der Waals surface area contributed by atoms with Crippen molar-refractivity contribution >= 4 is 5.97 Å². The highest BCUT2D eigenvalue weighted by Crippen LogP contribution is 2.15. The number of aryl methyl sites for hydroxylation is 2. The highest BCUT2D eigenvalue weighted by Gasteiger charge is 2.14. The molecular weight excluding hydrogens is 249 g/mol. The Balaban J connectivity index is 2.78. The lowest BCUT2D eigenvalue weighted by molar-refractivity contribution is 0.0694. The fourth-order valence-corrected chi connectivity index (χ4v) is 1.96. The third kappa shape index (κ3) is 2.27. The standard InChI is InChI=1S/C14H12FNO3/c1-8-7-10(15)4-6-12(8)16-9(2)3-5-11(13(16)17)14(18)19/h3-7H,1-2H3,(H,18,19). The van der Waals surface area contributed by atoms with Gasteiger partial charge in [-0.2, -0.15) is 0 Å². The van der Waals surface area contributed by atoms with Crippen LogP contribution in [-0.4, -0.2) is 15.6 Å². The SMILES string of the molecule is Cc1cc(F)ccc1-n1c(C)ccc(C(=O)O)c1=O. The van der Waals surface area contributed by atoms with Crippen LogP contribution < -0.4 is 5.56 Å². The van der Waals surface area contributed by atoms with Crippen molar-refractivity contribution in [3.8, 4) is 5.69 Å². The summed E-state index contributed by atoms with van der Waals surface area (Å²) in [6, 6.07) is 6.82. The van der Waals surface area contributed by atoms with Crippen LogP contribution in [-0.2, 0) is 0 Å². The first-order valence-electron chi connectivity index (χ1n) is 5.64. The number of benzene rings is 1. The molecule has 0 aliphatic rings. The molecule has 0 unspecified atom stereocenters. The van der Waals surface area contributed by atoms with Crippen molar-refractivity contribution in [3.05, 3.63) is 63.3 Å². The molecule has 19 heavy (non-hydrogen) atoms. The molecule has 0 saturated carbocycles. The molecule has 0 saturated heterocycles. The molecule has 98 valence electrons. The van der Waals surface area contributed by atoms with E-state index in [9.17, 15) is 14.0 Å². The molecule has 0 aliphatic heterocycles. The second kappa shape index (κ2) is 4.68. The Morgan fingerprint density at radius 1 is 1.21 bits per heavy atom. The fraction of sp³-hybridized carbons (Fsp3) is 0.143. The highest BCUT2D eigenvalue weighted by atomic mass is 19.1. The summed E-state index contributed by atoms with van der Waals surface area (Å²) in [4.78, 5) is 23.1. The van der Waals surface area contributed by atoms with Crippen LogP contribution in [0.25, 0.3) is 5.69 Å². The lowest BCUT2D eigenvalue weighted by Gasteiger charge is -2.13. The summed E-state index contributed by atoms with van der Waals surface area (Å²) in [5.74, 6) is -1.68. The van der Waals surface area contributed by atoms with E-state index in [1.54, 1.807) is 19.9 Å². The van der Waals surface area contributed by atoms with Crippen molar-refractivity contribution in [1.82, 2.24) is 4.57 Å². The number of carboxylic acids is 1. The molecule has 1 aromatic heterocycles. The normalized spacial score (nSPS) is 10.5. The first kappa shape index (κ1) is 13.0. The van der Waals surface area contributed by atoms with Crippen LogP contribution in [0, 0.1) is 19.7 Å². The minimum Gasteiger partial charge on any atom is -0.477 e. The van der Waals surface area contributed by atoms with Gasteiger partial charge in [0, 0.05) is 5.69 Å². The predicted molar refractivity (Wildman–Crippen MR) is 68.4 cm³/mol. The number of hydrogen-bond donors (Lipinski definition) is 1. The Bertz CT molecular complexity index is 719. The van der Waals surface area contributed by atoms with Crippen LogP contribution in [0.5, 0.6) is 0 Å². The van der Waals surface area contributed by atoms with Gasteiger partial charge in [-0.05, 0) is 49.7 Å². The third-order valence-corrected chi connectivity index (χ3v) is 2.91. The second-order valence-corrected chi connectivity index (χ2v) is 4.26. The zero-order valence-corrected chi connectivity index (χ0v) is 10.5. The molecule has 2 aromatic rings. The van der Waals surface area contributed by atoms with Gasteiger partial charge in [-0.1, -0.05) is 0 Å². The summed E-state index contributed by atoms with van der Waals surface area (Å²) in [7, 11) is 0. The van der Waals surface area contributed by atoms with Crippen molar-refractivity contribution in [2.24, 2.45) is 0 Å². The summed E-state index contributed by atoms with van der Waals surface area (Å²) in [6.07, 6.45) is 0. The molecule has 0 radical (unpaired) electrons. The van der Waals surface area contributed by atoms with Gasteiger partial charge >= 0.3 is 5.97 Å². The number of hydrogen-bond acceptors (Lipinski definition) is 2. The molecular formula is C14H12FNO3. The van der Waals surface area contributed by atoms with Crippen LogP contribution in [0.2, 0.25) is 0 Å². The van der Waals surface area contributed by atoms with Gasteiger partial charge in [0.05, 0.1) is 5.69 Å². The van der Waals surface area contributed by atoms with Gasteiger partial charge in [-0.15, -0.1) is 0 Å². The Labute approximate surface area is 108 Å². The number of carbonyl (C=O) groups is 1. The summed E-state index contributed by atoms with van der Waals surface area (Å²) in [5, 5.41) is 8.97. The monoisotopic (exact) mass is 261 g/mol. The lowest BCUT2D eigenvalue weighted by atomic mass is 10.1. The first-order valence-corrected chi connectivity index (χ1v) is 5.64. The zero-order valence-electron chi connectivity index (χ0n) is 10.5. The number of aromatic nitrogens is 1. The van der Waals surface area contributed by atoms with E-state index in [2.05, 4.69) is 0 Å². The minimum absolute atomic E-state index is 0.311. The molecule has 5 heteroatoms. The molecule has 0 amide bonds. The van der Waals surface area contributed by atoms with Gasteiger partial charge in [-0.3, -0.25) is 9.36 Å². The minimum atomic E-state index is -1.28. The molecule has 0 bridgehead atoms. The molecule has 0 spiro atoms. The zero-order chi connectivity index (χ0) is 14.2. The second-order valence-electron chi connectivity index (χ2n) is 4.26. The average molecular weight is 261 g/mol. The van der Waals surface area contributed by atoms with Gasteiger partial charge in [0.1, 0.15) is 11.4 Å². The summed E-state index contributed by atoms with van der Waals surface area (Å²) >= 11 is 0.